The van der Waals surface area contributed by atoms with Crippen LogP contribution in [0.5, 0.6) is 5.75 Å². The van der Waals surface area contributed by atoms with Crippen molar-refractivity contribution in [1.82, 2.24) is 0 Å². The van der Waals surface area contributed by atoms with Gasteiger partial charge in [0.1, 0.15) is 5.75 Å². The monoisotopic (exact) mass is 290 g/mol. The zero-order chi connectivity index (χ0) is 11.1. The van der Waals surface area contributed by atoms with Crippen molar-refractivity contribution in [2.75, 3.05) is 6.61 Å². The van der Waals surface area contributed by atoms with Crippen molar-refractivity contribution in [3.63, 3.8) is 0 Å². The van der Waals surface area contributed by atoms with Crippen molar-refractivity contribution >= 4 is 27.3 Å². The van der Waals surface area contributed by atoms with Gasteiger partial charge in [-0.05, 0) is 28.3 Å². The molecule has 0 radical (unpaired) electrons. The molecule has 0 amide bonds. The number of thiophene rings is 1. The lowest BCUT2D eigenvalue weighted by Gasteiger charge is -2.14. The van der Waals surface area contributed by atoms with Crippen LogP contribution in [0.2, 0.25) is 0 Å². The molecule has 0 fully saturated rings. The average molecular weight is 291 g/mol. The van der Waals surface area contributed by atoms with Gasteiger partial charge in [-0.15, -0.1) is 11.3 Å². The highest BCUT2D eigenvalue weighted by Crippen LogP contribution is 2.29. The first-order chi connectivity index (χ1) is 7.27. The van der Waals surface area contributed by atoms with Gasteiger partial charge in [-0.25, -0.2) is 0 Å². The van der Waals surface area contributed by atoms with Gasteiger partial charge in [0.2, 0.25) is 0 Å². The van der Waals surface area contributed by atoms with Crippen LogP contribution in [0.15, 0.2) is 15.2 Å². The maximum Gasteiger partial charge on any atom is 0.144 e. The van der Waals surface area contributed by atoms with E-state index in [0.29, 0.717) is 5.92 Å². The summed E-state index contributed by atoms with van der Waals surface area (Å²) < 4.78 is 6.87. The van der Waals surface area contributed by atoms with Gasteiger partial charge < -0.3 is 4.74 Å². The van der Waals surface area contributed by atoms with Gasteiger partial charge in [0, 0.05) is 10.8 Å². The van der Waals surface area contributed by atoms with Crippen LogP contribution in [0.4, 0.5) is 0 Å². The molecular weight excluding hydrogens is 272 g/mol. The summed E-state index contributed by atoms with van der Waals surface area (Å²) in [6.07, 6.45) is 5.09. The summed E-state index contributed by atoms with van der Waals surface area (Å²) in [6, 6.07) is 0. The molecule has 0 N–H and O–H groups in total. The van der Waals surface area contributed by atoms with Gasteiger partial charge in [-0.3, -0.25) is 0 Å². The molecule has 0 aliphatic rings. The molecule has 0 saturated heterocycles. The van der Waals surface area contributed by atoms with Crippen LogP contribution in [0.3, 0.4) is 0 Å². The van der Waals surface area contributed by atoms with Gasteiger partial charge in [-0.2, -0.15) is 0 Å². The van der Waals surface area contributed by atoms with Gasteiger partial charge in [0.25, 0.3) is 0 Å². The molecule has 0 aromatic carbocycles. The normalized spacial score (nSPS) is 12.7. The van der Waals surface area contributed by atoms with Crippen LogP contribution in [-0.4, -0.2) is 6.61 Å². The molecule has 1 aromatic rings. The van der Waals surface area contributed by atoms with E-state index in [1.165, 1.54) is 25.7 Å². The van der Waals surface area contributed by atoms with Crippen molar-refractivity contribution in [2.45, 2.75) is 39.5 Å². The molecule has 15 heavy (non-hydrogen) atoms. The molecule has 1 atom stereocenters. The molecule has 0 aliphatic heterocycles. The second-order valence-corrected chi connectivity index (χ2v) is 5.41. The fraction of sp³-hybridized carbons (Fsp3) is 0.667. The molecule has 3 heteroatoms. The third-order valence-electron chi connectivity index (χ3n) is 2.60. The van der Waals surface area contributed by atoms with E-state index < -0.39 is 0 Å². The second kappa shape index (κ2) is 7.29. The molecule has 1 aromatic heterocycles. The lowest BCUT2D eigenvalue weighted by atomic mass is 10.0. The van der Waals surface area contributed by atoms with Crippen LogP contribution < -0.4 is 4.74 Å². The second-order valence-electron chi connectivity index (χ2n) is 3.81. The van der Waals surface area contributed by atoms with E-state index in [1.54, 1.807) is 11.3 Å². The highest BCUT2D eigenvalue weighted by Gasteiger charge is 2.08. The summed E-state index contributed by atoms with van der Waals surface area (Å²) in [5.41, 5.74) is 0. The largest absolute Gasteiger partial charge is 0.491 e. The first-order valence-electron chi connectivity index (χ1n) is 5.62. The van der Waals surface area contributed by atoms with Gasteiger partial charge in [0.05, 0.1) is 11.1 Å². The topological polar surface area (TPSA) is 9.23 Å². The third-order valence-corrected chi connectivity index (χ3v) is 4.24. The standard InChI is InChI=1S/C12H19BrOS/c1-3-5-6-10(4-2)7-14-12-9-15-8-11(12)13/h8-10H,3-7H2,1-2H3. The zero-order valence-corrected chi connectivity index (χ0v) is 11.9. The Morgan fingerprint density at radius 1 is 1.40 bits per heavy atom. The number of rotatable bonds is 7. The number of unbranched alkanes of at least 4 members (excludes halogenated alkanes) is 1. The van der Waals surface area contributed by atoms with Crippen LogP contribution in [0.25, 0.3) is 0 Å². The highest BCUT2D eigenvalue weighted by molar-refractivity contribution is 9.10. The van der Waals surface area contributed by atoms with Crippen LogP contribution in [0, 0.1) is 5.92 Å². The van der Waals surface area contributed by atoms with Gasteiger partial charge >= 0.3 is 0 Å². The first kappa shape index (κ1) is 13.0. The number of halogens is 1. The molecule has 1 rings (SSSR count). The van der Waals surface area contributed by atoms with Crippen molar-refractivity contribution in [1.29, 1.82) is 0 Å². The molecule has 1 heterocycles. The molecule has 0 aliphatic carbocycles. The van der Waals surface area contributed by atoms with E-state index in [0.717, 1.165) is 16.8 Å². The number of hydrogen-bond acceptors (Lipinski definition) is 2. The summed E-state index contributed by atoms with van der Waals surface area (Å²) in [5, 5.41) is 4.11. The van der Waals surface area contributed by atoms with Crippen molar-refractivity contribution < 1.29 is 4.74 Å². The fourth-order valence-corrected chi connectivity index (χ4v) is 2.81. The Bertz CT molecular complexity index is 272. The average Bonchev–Trinajstić information content (AvgIpc) is 2.65. The molecule has 0 spiro atoms. The Kier molecular flexibility index (Phi) is 6.34. The van der Waals surface area contributed by atoms with Crippen molar-refractivity contribution in [3.05, 3.63) is 15.2 Å². The molecule has 1 unspecified atom stereocenters. The fourth-order valence-electron chi connectivity index (χ4n) is 1.48. The summed E-state index contributed by atoms with van der Waals surface area (Å²) in [4.78, 5) is 0. The quantitative estimate of drug-likeness (QED) is 0.678. The van der Waals surface area contributed by atoms with E-state index in [-0.39, 0.29) is 0 Å². The minimum Gasteiger partial charge on any atom is -0.491 e. The maximum atomic E-state index is 5.79. The maximum absolute atomic E-state index is 5.79. The lowest BCUT2D eigenvalue weighted by Crippen LogP contribution is -2.11. The highest BCUT2D eigenvalue weighted by atomic mass is 79.9. The molecule has 86 valence electrons. The van der Waals surface area contributed by atoms with Crippen LogP contribution in [0.1, 0.15) is 39.5 Å². The predicted octanol–water partition coefficient (Wildman–Crippen LogP) is 5.11. The first-order valence-corrected chi connectivity index (χ1v) is 7.36. The number of ether oxygens (including phenoxy) is 1. The van der Waals surface area contributed by atoms with E-state index in [4.69, 9.17) is 4.74 Å². The zero-order valence-electron chi connectivity index (χ0n) is 9.46. The molecular formula is C12H19BrOS. The number of hydrogen-bond donors (Lipinski definition) is 0. The molecule has 0 saturated carbocycles. The Hall–Kier alpha value is -0.0200. The van der Waals surface area contributed by atoms with E-state index in [2.05, 4.69) is 40.5 Å². The minimum absolute atomic E-state index is 0.705. The third kappa shape index (κ3) is 4.56. The van der Waals surface area contributed by atoms with E-state index in [1.807, 2.05) is 0 Å². The summed E-state index contributed by atoms with van der Waals surface area (Å²) in [6.45, 7) is 5.33. The minimum atomic E-state index is 0.705. The SMILES string of the molecule is CCCCC(CC)COc1cscc1Br. The Labute approximate surface area is 105 Å². The molecule has 1 nitrogen and oxygen atoms in total. The predicted molar refractivity (Wildman–Crippen MR) is 70.8 cm³/mol. The lowest BCUT2D eigenvalue weighted by molar-refractivity contribution is 0.233. The van der Waals surface area contributed by atoms with Gasteiger partial charge in [-0.1, -0.05) is 33.1 Å². The Balaban J connectivity index is 2.31. The smallest absolute Gasteiger partial charge is 0.144 e. The van der Waals surface area contributed by atoms with E-state index in [9.17, 15) is 0 Å². The van der Waals surface area contributed by atoms with Crippen molar-refractivity contribution in [2.24, 2.45) is 5.92 Å². The summed E-state index contributed by atoms with van der Waals surface area (Å²) >= 11 is 5.15. The Morgan fingerprint density at radius 2 is 2.20 bits per heavy atom. The van der Waals surface area contributed by atoms with Crippen LogP contribution >= 0.6 is 27.3 Å². The summed E-state index contributed by atoms with van der Waals surface area (Å²) in [7, 11) is 0. The van der Waals surface area contributed by atoms with Crippen molar-refractivity contribution in [3.8, 4) is 5.75 Å². The molecule has 0 bridgehead atoms. The van der Waals surface area contributed by atoms with E-state index >= 15 is 0 Å². The Morgan fingerprint density at radius 3 is 2.73 bits per heavy atom. The van der Waals surface area contributed by atoms with Gasteiger partial charge in [0.15, 0.2) is 0 Å². The summed E-state index contributed by atoms with van der Waals surface area (Å²) in [5.74, 6) is 1.70. The van der Waals surface area contributed by atoms with Crippen LogP contribution in [-0.2, 0) is 0 Å².